The lowest BCUT2D eigenvalue weighted by atomic mass is 9.77. The number of hydrogen-bond acceptors (Lipinski definition) is 3. The Hall–Kier alpha value is -1.62. The van der Waals surface area contributed by atoms with E-state index in [9.17, 15) is 14.7 Å². The highest BCUT2D eigenvalue weighted by Crippen LogP contribution is 2.32. The van der Waals surface area contributed by atoms with E-state index in [0.717, 1.165) is 10.0 Å². The summed E-state index contributed by atoms with van der Waals surface area (Å²) in [6, 6.07) is 6.70. The predicted octanol–water partition coefficient (Wildman–Crippen LogP) is 3.69. The van der Waals surface area contributed by atoms with E-state index in [1.54, 1.807) is 37.3 Å². The highest BCUT2D eigenvalue weighted by atomic mass is 79.9. The van der Waals surface area contributed by atoms with Crippen molar-refractivity contribution < 1.29 is 19.4 Å². The van der Waals surface area contributed by atoms with Crippen molar-refractivity contribution in [3.8, 4) is 0 Å². The van der Waals surface area contributed by atoms with Gasteiger partial charge in [-0.05, 0) is 44.9 Å². The molecule has 1 aromatic rings. The Labute approximate surface area is 132 Å². The van der Waals surface area contributed by atoms with Crippen LogP contribution in [-0.4, -0.2) is 23.7 Å². The average molecular weight is 355 g/mol. The summed E-state index contributed by atoms with van der Waals surface area (Å²) in [6.45, 7) is 5.52. The zero-order valence-electron chi connectivity index (χ0n) is 12.4. The van der Waals surface area contributed by atoms with Crippen LogP contribution in [-0.2, 0) is 19.7 Å². The molecule has 5 heteroatoms. The molecule has 0 saturated carbocycles. The summed E-state index contributed by atoms with van der Waals surface area (Å²) in [7, 11) is 0. The topological polar surface area (TPSA) is 63.6 Å². The van der Waals surface area contributed by atoms with Crippen LogP contribution in [0.4, 0.5) is 0 Å². The number of carboxylic acid groups (broad SMARTS) is 1. The Morgan fingerprint density at radius 3 is 2.29 bits per heavy atom. The van der Waals surface area contributed by atoms with E-state index < -0.39 is 17.4 Å². The number of hydrogen-bond donors (Lipinski definition) is 1. The highest BCUT2D eigenvalue weighted by Gasteiger charge is 2.48. The first-order chi connectivity index (χ1) is 9.84. The van der Waals surface area contributed by atoms with Gasteiger partial charge >= 0.3 is 11.9 Å². The fraction of sp³-hybridized carbons (Fsp3) is 0.375. The van der Waals surface area contributed by atoms with Gasteiger partial charge in [-0.1, -0.05) is 39.7 Å². The van der Waals surface area contributed by atoms with Gasteiger partial charge in [0.25, 0.3) is 0 Å². The maximum absolute atomic E-state index is 12.4. The molecule has 1 atom stereocenters. The molecule has 4 nitrogen and oxygen atoms in total. The lowest BCUT2D eigenvalue weighted by Gasteiger charge is -2.26. The van der Waals surface area contributed by atoms with E-state index in [1.165, 1.54) is 0 Å². The van der Waals surface area contributed by atoms with Gasteiger partial charge in [-0.2, -0.15) is 0 Å². The van der Waals surface area contributed by atoms with Crippen molar-refractivity contribution in [2.45, 2.75) is 32.6 Å². The molecule has 0 bridgehead atoms. The lowest BCUT2D eigenvalue weighted by Crippen LogP contribution is -2.44. The second-order valence-electron chi connectivity index (χ2n) is 4.92. The zero-order valence-corrected chi connectivity index (χ0v) is 13.9. The van der Waals surface area contributed by atoms with Crippen molar-refractivity contribution in [1.82, 2.24) is 0 Å². The van der Waals surface area contributed by atoms with E-state index in [-0.39, 0.29) is 13.0 Å². The minimum absolute atomic E-state index is 0.0606. The Morgan fingerprint density at radius 2 is 1.86 bits per heavy atom. The van der Waals surface area contributed by atoms with Crippen LogP contribution in [0, 0.1) is 0 Å². The molecule has 0 aliphatic heterocycles. The van der Waals surface area contributed by atoms with Crippen LogP contribution in [0.2, 0.25) is 0 Å². The smallest absolute Gasteiger partial charge is 0.328 e. The van der Waals surface area contributed by atoms with Crippen LogP contribution >= 0.6 is 15.9 Å². The molecule has 1 rings (SSSR count). The average Bonchev–Trinajstić information content (AvgIpc) is 2.41. The minimum Gasteiger partial charge on any atom is -0.480 e. The Bertz CT molecular complexity index is 544. The number of allylic oxidation sites excluding steroid dienone is 2. The standard InChI is InChI=1S/C16H19BrO4/c1-4-21-15(20)16(14(18)19,10-9-11(2)3)12-5-7-13(17)8-6-12/h5-9H,4,10H2,1-3H3,(H,18,19). The van der Waals surface area contributed by atoms with Crippen molar-refractivity contribution >= 4 is 27.9 Å². The summed E-state index contributed by atoms with van der Waals surface area (Å²) >= 11 is 3.30. The summed E-state index contributed by atoms with van der Waals surface area (Å²) in [4.78, 5) is 24.3. The number of esters is 1. The molecule has 0 heterocycles. The molecule has 21 heavy (non-hydrogen) atoms. The quantitative estimate of drug-likeness (QED) is 0.480. The van der Waals surface area contributed by atoms with Crippen LogP contribution in [0.15, 0.2) is 40.4 Å². The molecule has 0 amide bonds. The van der Waals surface area contributed by atoms with E-state index in [1.807, 2.05) is 13.8 Å². The number of aliphatic carboxylic acids is 1. The van der Waals surface area contributed by atoms with E-state index in [0.29, 0.717) is 5.56 Å². The van der Waals surface area contributed by atoms with Crippen LogP contribution in [0.3, 0.4) is 0 Å². The van der Waals surface area contributed by atoms with Gasteiger partial charge < -0.3 is 9.84 Å². The van der Waals surface area contributed by atoms with E-state index in [2.05, 4.69) is 15.9 Å². The number of benzene rings is 1. The van der Waals surface area contributed by atoms with E-state index in [4.69, 9.17) is 4.74 Å². The second kappa shape index (κ2) is 7.41. The maximum Gasteiger partial charge on any atom is 0.328 e. The Morgan fingerprint density at radius 1 is 1.29 bits per heavy atom. The normalized spacial score (nSPS) is 13.1. The van der Waals surface area contributed by atoms with Crippen molar-refractivity contribution in [3.05, 3.63) is 46.0 Å². The summed E-state index contributed by atoms with van der Waals surface area (Å²) < 4.78 is 5.84. The summed E-state index contributed by atoms with van der Waals surface area (Å²) in [5.41, 5.74) is -0.357. The first-order valence-electron chi connectivity index (χ1n) is 6.64. The molecule has 1 aromatic carbocycles. The third-order valence-corrected chi connectivity index (χ3v) is 3.67. The van der Waals surface area contributed by atoms with Crippen molar-refractivity contribution in [2.24, 2.45) is 0 Å². The first-order valence-corrected chi connectivity index (χ1v) is 7.44. The number of carbonyl (C=O) groups is 2. The molecule has 0 spiro atoms. The van der Waals surface area contributed by atoms with Gasteiger partial charge in [0.2, 0.25) is 0 Å². The Kier molecular flexibility index (Phi) is 6.15. The molecule has 114 valence electrons. The van der Waals surface area contributed by atoms with Gasteiger partial charge in [-0.15, -0.1) is 0 Å². The molecule has 0 saturated heterocycles. The van der Waals surface area contributed by atoms with Crippen LogP contribution in [0.25, 0.3) is 0 Å². The fourth-order valence-electron chi connectivity index (χ4n) is 1.96. The molecule has 1 unspecified atom stereocenters. The van der Waals surface area contributed by atoms with Crippen molar-refractivity contribution in [1.29, 1.82) is 0 Å². The fourth-order valence-corrected chi connectivity index (χ4v) is 2.23. The predicted molar refractivity (Wildman–Crippen MR) is 84.1 cm³/mol. The molecule has 0 aliphatic carbocycles. The number of carboxylic acids is 1. The second-order valence-corrected chi connectivity index (χ2v) is 5.84. The maximum atomic E-state index is 12.4. The van der Waals surface area contributed by atoms with Gasteiger partial charge in [0, 0.05) is 4.47 Å². The van der Waals surface area contributed by atoms with Crippen molar-refractivity contribution in [3.63, 3.8) is 0 Å². The van der Waals surface area contributed by atoms with Gasteiger partial charge in [0.15, 0.2) is 5.41 Å². The third kappa shape index (κ3) is 3.94. The number of ether oxygens (including phenoxy) is 1. The summed E-state index contributed by atoms with van der Waals surface area (Å²) in [6.07, 6.45) is 1.80. The molecular weight excluding hydrogens is 336 g/mol. The van der Waals surface area contributed by atoms with Gasteiger partial charge in [0.1, 0.15) is 0 Å². The molecule has 0 aromatic heterocycles. The zero-order chi connectivity index (χ0) is 16.0. The van der Waals surface area contributed by atoms with Crippen LogP contribution in [0.1, 0.15) is 32.8 Å². The van der Waals surface area contributed by atoms with Gasteiger partial charge in [-0.25, -0.2) is 0 Å². The highest BCUT2D eigenvalue weighted by molar-refractivity contribution is 9.10. The SMILES string of the molecule is CCOC(=O)C(CC=C(C)C)(C(=O)O)c1ccc(Br)cc1. The van der Waals surface area contributed by atoms with Crippen LogP contribution < -0.4 is 0 Å². The molecule has 0 aliphatic rings. The molecule has 0 fully saturated rings. The molecule has 1 N–H and O–H groups in total. The molecule has 0 radical (unpaired) electrons. The van der Waals surface area contributed by atoms with Crippen molar-refractivity contribution in [2.75, 3.05) is 6.61 Å². The Balaban J connectivity index is 3.42. The summed E-state index contributed by atoms with van der Waals surface area (Å²) in [5, 5.41) is 9.71. The first kappa shape index (κ1) is 17.4. The number of halogens is 1. The number of carbonyl (C=O) groups excluding carboxylic acids is 1. The third-order valence-electron chi connectivity index (χ3n) is 3.14. The number of rotatable bonds is 6. The minimum atomic E-state index is -1.71. The van der Waals surface area contributed by atoms with Gasteiger partial charge in [0.05, 0.1) is 6.61 Å². The largest absolute Gasteiger partial charge is 0.480 e. The van der Waals surface area contributed by atoms with Crippen LogP contribution in [0.5, 0.6) is 0 Å². The summed E-state index contributed by atoms with van der Waals surface area (Å²) in [5.74, 6) is -1.95. The lowest BCUT2D eigenvalue weighted by molar-refractivity contribution is -0.161. The van der Waals surface area contributed by atoms with E-state index >= 15 is 0 Å². The molecular formula is C16H19BrO4. The monoisotopic (exact) mass is 354 g/mol. The van der Waals surface area contributed by atoms with Gasteiger partial charge in [-0.3, -0.25) is 9.59 Å².